The van der Waals surface area contributed by atoms with E-state index in [1.54, 1.807) is 18.4 Å². The molecule has 1 aliphatic rings. The van der Waals surface area contributed by atoms with Crippen molar-refractivity contribution in [2.45, 2.75) is 33.2 Å². The number of alkyl carbamates (subject to hydrolysis) is 1. The predicted octanol–water partition coefficient (Wildman–Crippen LogP) is 2.89. The van der Waals surface area contributed by atoms with Gasteiger partial charge in [0.05, 0.1) is 17.9 Å². The summed E-state index contributed by atoms with van der Waals surface area (Å²) in [4.78, 5) is 45.0. The van der Waals surface area contributed by atoms with Crippen LogP contribution in [0.3, 0.4) is 0 Å². The highest BCUT2D eigenvalue weighted by molar-refractivity contribution is 7.14. The van der Waals surface area contributed by atoms with Crippen molar-refractivity contribution in [2.24, 2.45) is 0 Å². The van der Waals surface area contributed by atoms with Crippen molar-refractivity contribution in [2.75, 3.05) is 19.7 Å². The van der Waals surface area contributed by atoms with Gasteiger partial charge in [0.1, 0.15) is 0 Å². The van der Waals surface area contributed by atoms with E-state index >= 15 is 0 Å². The van der Waals surface area contributed by atoms with Crippen molar-refractivity contribution < 1.29 is 19.1 Å². The molecule has 2 amide bonds. The lowest BCUT2D eigenvalue weighted by molar-refractivity contribution is 0.0925. The number of imide groups is 1. The number of nitrogens with one attached hydrogen (secondary N) is 1. The van der Waals surface area contributed by atoms with Gasteiger partial charge in [-0.15, -0.1) is 22.7 Å². The normalized spacial score (nSPS) is 13.9. The SMILES string of the molecule is CCOC(=O)NC(=O)c1ccsc1CC(=O)c1nc2c(s1)CCN(CC)C2. The Morgan fingerprint density at radius 3 is 2.89 bits per heavy atom. The molecule has 0 aromatic carbocycles. The average molecular weight is 408 g/mol. The highest BCUT2D eigenvalue weighted by Crippen LogP contribution is 2.27. The molecule has 2 aromatic rings. The van der Waals surface area contributed by atoms with Crippen LogP contribution in [-0.4, -0.2) is 47.4 Å². The molecule has 2 aromatic heterocycles. The quantitative estimate of drug-likeness (QED) is 0.741. The minimum Gasteiger partial charge on any atom is -0.450 e. The Morgan fingerprint density at radius 1 is 1.33 bits per heavy atom. The molecule has 144 valence electrons. The number of amides is 2. The van der Waals surface area contributed by atoms with Crippen LogP contribution in [0.15, 0.2) is 11.4 Å². The molecule has 0 saturated carbocycles. The van der Waals surface area contributed by atoms with Crippen molar-refractivity contribution in [3.8, 4) is 0 Å². The first-order valence-electron chi connectivity index (χ1n) is 8.80. The number of carbonyl (C=O) groups is 3. The Labute approximate surface area is 165 Å². The van der Waals surface area contributed by atoms with E-state index in [9.17, 15) is 14.4 Å². The predicted molar refractivity (Wildman–Crippen MR) is 104 cm³/mol. The van der Waals surface area contributed by atoms with E-state index in [0.717, 1.165) is 31.7 Å². The summed E-state index contributed by atoms with van der Waals surface area (Å²) < 4.78 is 4.72. The lowest BCUT2D eigenvalue weighted by Gasteiger charge is -2.23. The van der Waals surface area contributed by atoms with Crippen molar-refractivity contribution in [3.63, 3.8) is 0 Å². The van der Waals surface area contributed by atoms with Crippen LogP contribution in [-0.2, 0) is 24.1 Å². The van der Waals surface area contributed by atoms with Gasteiger partial charge in [-0.25, -0.2) is 9.78 Å². The summed E-state index contributed by atoms with van der Waals surface area (Å²) in [5, 5.41) is 4.38. The van der Waals surface area contributed by atoms with Gasteiger partial charge in [-0.2, -0.15) is 0 Å². The summed E-state index contributed by atoms with van der Waals surface area (Å²) in [5.41, 5.74) is 1.31. The molecule has 0 radical (unpaired) electrons. The highest BCUT2D eigenvalue weighted by Gasteiger charge is 2.24. The Balaban J connectivity index is 1.69. The maximum absolute atomic E-state index is 12.7. The van der Waals surface area contributed by atoms with E-state index < -0.39 is 12.0 Å². The number of thiophene rings is 1. The van der Waals surface area contributed by atoms with Crippen molar-refractivity contribution in [1.29, 1.82) is 0 Å². The number of Topliss-reactive ketones (excluding diaryl/α,β-unsaturated/α-hetero) is 1. The van der Waals surface area contributed by atoms with E-state index in [-0.39, 0.29) is 18.8 Å². The van der Waals surface area contributed by atoms with E-state index in [1.165, 1.54) is 27.6 Å². The minimum absolute atomic E-state index is 0.0904. The number of nitrogens with zero attached hydrogens (tertiary/aromatic N) is 2. The number of aromatic nitrogens is 1. The largest absolute Gasteiger partial charge is 0.450 e. The fraction of sp³-hybridized carbons (Fsp3) is 0.444. The zero-order valence-corrected chi connectivity index (χ0v) is 16.9. The van der Waals surface area contributed by atoms with Crippen molar-refractivity contribution in [3.05, 3.63) is 37.5 Å². The van der Waals surface area contributed by atoms with E-state index in [4.69, 9.17) is 4.74 Å². The van der Waals surface area contributed by atoms with Crippen LogP contribution in [0.25, 0.3) is 0 Å². The summed E-state index contributed by atoms with van der Waals surface area (Å²) in [7, 11) is 0. The summed E-state index contributed by atoms with van der Waals surface area (Å²) in [5.74, 6) is -0.667. The van der Waals surface area contributed by atoms with Crippen LogP contribution < -0.4 is 5.32 Å². The third-order valence-corrected chi connectivity index (χ3v) is 6.41. The number of hydrogen-bond donors (Lipinski definition) is 1. The number of hydrogen-bond acceptors (Lipinski definition) is 8. The molecular weight excluding hydrogens is 386 g/mol. The number of thiazole rings is 1. The first-order valence-corrected chi connectivity index (χ1v) is 10.5. The molecule has 3 rings (SSSR count). The third kappa shape index (κ3) is 4.60. The van der Waals surface area contributed by atoms with E-state index in [0.29, 0.717) is 15.4 Å². The van der Waals surface area contributed by atoms with Crippen LogP contribution >= 0.6 is 22.7 Å². The lowest BCUT2D eigenvalue weighted by atomic mass is 10.1. The van der Waals surface area contributed by atoms with Gasteiger partial charge < -0.3 is 4.74 Å². The third-order valence-electron chi connectivity index (χ3n) is 4.29. The maximum Gasteiger partial charge on any atom is 0.414 e. The molecule has 0 fully saturated rings. The Hall–Kier alpha value is -2.10. The number of likely N-dealkylation sites (N-methyl/N-ethyl adjacent to an activating group) is 1. The van der Waals surface area contributed by atoms with E-state index in [1.807, 2.05) is 0 Å². The maximum atomic E-state index is 12.7. The zero-order chi connectivity index (χ0) is 19.4. The van der Waals surface area contributed by atoms with Gasteiger partial charge in [-0.3, -0.25) is 19.8 Å². The number of rotatable bonds is 6. The van der Waals surface area contributed by atoms with Gasteiger partial charge >= 0.3 is 6.09 Å². The number of fused-ring (bicyclic) bond motifs is 1. The Morgan fingerprint density at radius 2 is 2.15 bits per heavy atom. The molecule has 27 heavy (non-hydrogen) atoms. The number of ketones is 1. The topological polar surface area (TPSA) is 88.6 Å². The van der Waals surface area contributed by atoms with Crippen LogP contribution in [0.4, 0.5) is 4.79 Å². The molecule has 9 heteroatoms. The molecule has 0 atom stereocenters. The molecule has 7 nitrogen and oxygen atoms in total. The number of carbonyl (C=O) groups excluding carboxylic acids is 3. The van der Waals surface area contributed by atoms with Gasteiger partial charge in [0.15, 0.2) is 10.8 Å². The number of ether oxygens (including phenoxy) is 1. The standard InChI is InChI=1S/C18H21N3O4S2/c1-3-21-7-5-14-12(10-21)19-17(27-14)13(22)9-15-11(6-8-26-15)16(23)20-18(24)25-4-2/h6,8H,3-5,7,9-10H2,1-2H3,(H,20,23,24). The molecule has 0 bridgehead atoms. The fourth-order valence-corrected chi connectivity index (χ4v) is 4.74. The van der Waals surface area contributed by atoms with Crippen LogP contribution in [0.2, 0.25) is 0 Å². The lowest BCUT2D eigenvalue weighted by Crippen LogP contribution is -2.31. The van der Waals surface area contributed by atoms with Gasteiger partial charge in [0.2, 0.25) is 0 Å². The monoisotopic (exact) mass is 407 g/mol. The Bertz CT molecular complexity index is 859. The zero-order valence-electron chi connectivity index (χ0n) is 15.2. The summed E-state index contributed by atoms with van der Waals surface area (Å²) in [6.07, 6.45) is 0.215. The molecule has 0 spiro atoms. The molecule has 0 unspecified atom stereocenters. The molecular formula is C18H21N3O4S2. The Kier molecular flexibility index (Phi) is 6.35. The van der Waals surface area contributed by atoms with Crippen LogP contribution in [0, 0.1) is 0 Å². The smallest absolute Gasteiger partial charge is 0.414 e. The summed E-state index contributed by atoms with van der Waals surface area (Å²) in [6, 6.07) is 1.60. The van der Waals surface area contributed by atoms with Gasteiger partial charge in [-0.1, -0.05) is 6.92 Å². The summed E-state index contributed by atoms with van der Waals surface area (Å²) >= 11 is 2.77. The second-order valence-corrected chi connectivity index (χ2v) is 8.12. The van der Waals surface area contributed by atoms with Gasteiger partial charge in [-0.05, 0) is 31.3 Å². The second-order valence-electron chi connectivity index (χ2n) is 6.04. The highest BCUT2D eigenvalue weighted by atomic mass is 32.1. The molecule has 0 aliphatic carbocycles. The van der Waals surface area contributed by atoms with Crippen LogP contribution in [0.1, 0.15) is 49.5 Å². The first-order chi connectivity index (χ1) is 13.0. The van der Waals surface area contributed by atoms with E-state index in [2.05, 4.69) is 22.1 Å². The summed E-state index contributed by atoms with van der Waals surface area (Å²) in [6.45, 7) is 6.69. The van der Waals surface area contributed by atoms with Crippen LogP contribution in [0.5, 0.6) is 0 Å². The molecule has 3 heterocycles. The van der Waals surface area contributed by atoms with Gasteiger partial charge in [0.25, 0.3) is 5.91 Å². The minimum atomic E-state index is -0.793. The fourth-order valence-electron chi connectivity index (χ4n) is 2.87. The first kappa shape index (κ1) is 19.7. The molecule has 1 aliphatic heterocycles. The molecule has 1 N–H and O–H groups in total. The molecule has 0 saturated heterocycles. The van der Waals surface area contributed by atoms with Crippen molar-refractivity contribution >= 4 is 40.5 Å². The van der Waals surface area contributed by atoms with Crippen molar-refractivity contribution in [1.82, 2.24) is 15.2 Å². The average Bonchev–Trinajstić information content (AvgIpc) is 3.27. The van der Waals surface area contributed by atoms with Gasteiger partial charge in [0, 0.05) is 29.3 Å². The second kappa shape index (κ2) is 8.73.